The second kappa shape index (κ2) is 17.4. The highest BCUT2D eigenvalue weighted by Gasteiger charge is 2.47. The Morgan fingerprint density at radius 2 is 0.977 bits per heavy atom. The third-order valence-electron chi connectivity index (χ3n) is 20.4. The Morgan fingerprint density at radius 1 is 0.398 bits per heavy atom. The largest absolute Gasteiger partial charge is 0.354 e. The van der Waals surface area contributed by atoms with E-state index in [9.17, 15) is 33.6 Å². The Bertz CT molecular complexity index is 5710. The molecule has 20 rings (SSSR count). The van der Waals surface area contributed by atoms with Crippen LogP contribution in [0, 0.1) is 5.92 Å². The van der Waals surface area contributed by atoms with E-state index < -0.39 is 11.8 Å². The van der Waals surface area contributed by atoms with Gasteiger partial charge in [-0.05, 0) is 195 Å². The molecule has 12 heteroatoms. The second-order valence-electron chi connectivity index (χ2n) is 25.1. The first-order chi connectivity index (χ1) is 42.9. The normalized spacial score (nSPS) is 19.1. The molecule has 2 atom stereocenters. The first kappa shape index (κ1) is 49.4. The van der Waals surface area contributed by atoms with Crippen molar-refractivity contribution in [3.8, 4) is 0 Å². The molecule has 4 heterocycles. The van der Waals surface area contributed by atoms with Crippen LogP contribution in [0.1, 0.15) is 144 Å². The number of benzene rings is 11. The van der Waals surface area contributed by atoms with Gasteiger partial charge >= 0.3 is 0 Å². The van der Waals surface area contributed by atoms with Gasteiger partial charge in [-0.15, -0.1) is 0 Å². The molecular formula is C76H46N4O8. The molecule has 2 bridgehead atoms. The van der Waals surface area contributed by atoms with Gasteiger partial charge in [0.2, 0.25) is 0 Å². The number of pyridine rings is 2. The van der Waals surface area contributed by atoms with Gasteiger partial charge in [0.15, 0.2) is 34.0 Å². The SMILES string of the molecule is O=C1c2cc(CCC3=CC(=O)c4ccc5c6ccc7c8c(ccc(c9ccc(c4c59)C3=O)c86)C(=O)N(Cc3ccc4[nH]c5cc6c(=O)c8ccccc8[nH]c6cc5c(=O)c4c3)C7=O)ccc2CC2CC(C2)c2cc3c(cc21)C1NC1c1ccccc1C3=O. The number of fused-ring (bicyclic) bond motifs is 11. The Labute approximate surface area is 498 Å². The van der Waals surface area contributed by atoms with Gasteiger partial charge in [-0.2, -0.15) is 0 Å². The minimum absolute atomic E-state index is 0.00715. The number of rotatable bonds is 5. The van der Waals surface area contributed by atoms with Gasteiger partial charge in [-0.25, -0.2) is 0 Å². The van der Waals surface area contributed by atoms with E-state index in [1.54, 1.807) is 60.7 Å². The van der Waals surface area contributed by atoms with Crippen LogP contribution in [0.5, 0.6) is 0 Å². The van der Waals surface area contributed by atoms with Crippen molar-refractivity contribution in [3.63, 3.8) is 0 Å². The lowest BCUT2D eigenvalue weighted by atomic mass is 9.68. The van der Waals surface area contributed by atoms with Crippen LogP contribution in [0.3, 0.4) is 0 Å². The van der Waals surface area contributed by atoms with E-state index in [2.05, 4.69) is 21.4 Å². The summed E-state index contributed by atoms with van der Waals surface area (Å²) in [5.74, 6) is -0.912. The van der Waals surface area contributed by atoms with Crippen LogP contribution in [0.2, 0.25) is 0 Å². The maximum absolute atomic E-state index is 15.1. The standard InChI is InChI=1S/C76H46N4O8/c81-63-28-38(13-10-34-9-12-37-23-36-24-39(25-36)51-29-55-53(30-54(51)73(85)52(37)26-34)69-68(79-69)44-5-1-2-6-45(44)71(55)83)70(82)48-19-15-41-43-17-21-50-67-49(20-16-42(65(43)67)40-14-18-47(63)66(48)64(40)41)75(87)80(76(50)88)33-35-11-22-60-56(27-35)74(86)58-32-61-57(31-62(58)78-60)72(84)46-7-3-4-8-59(46)77-61/h1-9,11-12,14-22,26-32,36,39,68-69,79H,10,13,23-25,33H2,(H,77,84)(H,78,86). The summed E-state index contributed by atoms with van der Waals surface area (Å²) in [6.45, 7) is -0.0946. The summed E-state index contributed by atoms with van der Waals surface area (Å²) in [7, 11) is 0. The number of nitrogens with zero attached hydrogens (tertiary/aromatic N) is 1. The molecule has 1 saturated carbocycles. The maximum Gasteiger partial charge on any atom is 0.261 e. The molecule has 88 heavy (non-hydrogen) atoms. The average Bonchev–Trinajstić information content (AvgIpc) is 1.12. The van der Waals surface area contributed by atoms with Gasteiger partial charge in [-0.1, -0.05) is 78.9 Å². The predicted octanol–water partition coefficient (Wildman–Crippen LogP) is 13.7. The van der Waals surface area contributed by atoms with Crippen molar-refractivity contribution in [1.29, 1.82) is 0 Å². The third-order valence-corrected chi connectivity index (χ3v) is 20.4. The molecule has 418 valence electrons. The molecule has 2 amide bonds. The van der Waals surface area contributed by atoms with E-state index in [4.69, 9.17) is 0 Å². The Morgan fingerprint density at radius 3 is 1.72 bits per heavy atom. The molecule has 5 aliphatic carbocycles. The van der Waals surface area contributed by atoms with Crippen LogP contribution in [0.15, 0.2) is 179 Å². The number of carbonyl (C=O) groups is 6. The number of hydrogen-bond acceptors (Lipinski definition) is 9. The van der Waals surface area contributed by atoms with Crippen molar-refractivity contribution in [3.05, 3.63) is 268 Å². The van der Waals surface area contributed by atoms with Gasteiger partial charge in [-0.3, -0.25) is 48.6 Å². The lowest BCUT2D eigenvalue weighted by Gasteiger charge is -2.36. The minimum Gasteiger partial charge on any atom is -0.354 e. The number of imide groups is 1. The summed E-state index contributed by atoms with van der Waals surface area (Å²) >= 11 is 0. The molecule has 2 aliphatic heterocycles. The number of nitrogens with one attached hydrogen (secondary N) is 3. The first-order valence-corrected chi connectivity index (χ1v) is 30.0. The number of aryl methyl sites for hydroxylation is 1. The summed E-state index contributed by atoms with van der Waals surface area (Å²) in [4.78, 5) is 124. The van der Waals surface area contributed by atoms with Crippen LogP contribution >= 0.6 is 0 Å². The molecule has 7 aliphatic rings. The van der Waals surface area contributed by atoms with E-state index in [1.807, 2.05) is 91.0 Å². The lowest BCUT2D eigenvalue weighted by molar-refractivity contribution is 0.0597. The van der Waals surface area contributed by atoms with Crippen molar-refractivity contribution >= 4 is 122 Å². The number of aromatic amines is 2. The first-order valence-electron chi connectivity index (χ1n) is 30.0. The minimum atomic E-state index is -0.475. The van der Waals surface area contributed by atoms with Crippen LogP contribution in [0.25, 0.3) is 86.7 Å². The van der Waals surface area contributed by atoms with Crippen LogP contribution < -0.4 is 16.2 Å². The summed E-state index contributed by atoms with van der Waals surface area (Å²) < 4.78 is 0. The quantitative estimate of drug-likeness (QED) is 0.0651. The van der Waals surface area contributed by atoms with Crippen molar-refractivity contribution in [2.45, 2.75) is 56.7 Å². The number of carbonyl (C=O) groups excluding carboxylic acids is 6. The number of aromatic nitrogens is 2. The number of allylic oxidation sites excluding steroid dienone is 2. The highest BCUT2D eigenvalue weighted by atomic mass is 16.2. The van der Waals surface area contributed by atoms with Crippen LogP contribution in [-0.4, -0.2) is 49.8 Å². The molecular weight excluding hydrogens is 1100 g/mol. The van der Waals surface area contributed by atoms with Gasteiger partial charge in [0.05, 0.1) is 29.7 Å². The number of ketones is 4. The molecule has 0 spiro atoms. The molecule has 2 fully saturated rings. The smallest absolute Gasteiger partial charge is 0.261 e. The van der Waals surface area contributed by atoms with E-state index in [0.717, 1.165) is 79.4 Å². The third kappa shape index (κ3) is 6.72. The van der Waals surface area contributed by atoms with E-state index in [1.165, 1.54) is 11.0 Å². The van der Waals surface area contributed by atoms with Crippen molar-refractivity contribution in [2.24, 2.45) is 5.92 Å². The predicted molar refractivity (Wildman–Crippen MR) is 339 cm³/mol. The van der Waals surface area contributed by atoms with Gasteiger partial charge in [0.25, 0.3) is 11.8 Å². The molecule has 3 N–H and O–H groups in total. The van der Waals surface area contributed by atoms with E-state index in [-0.39, 0.29) is 65.0 Å². The molecule has 1 saturated heterocycles. The fourth-order valence-corrected chi connectivity index (χ4v) is 16.0. The Balaban J connectivity index is 0.632. The second-order valence-corrected chi connectivity index (χ2v) is 25.1. The summed E-state index contributed by atoms with van der Waals surface area (Å²) in [5, 5.41) is 11.0. The number of H-pyrrole nitrogens is 2. The highest BCUT2D eigenvalue weighted by molar-refractivity contribution is 6.41. The van der Waals surface area contributed by atoms with E-state index >= 15 is 4.79 Å². The lowest BCUT2D eigenvalue weighted by Crippen LogP contribution is -2.39. The molecule has 12 nitrogen and oxygen atoms in total. The zero-order valence-electron chi connectivity index (χ0n) is 46.9. The Kier molecular flexibility index (Phi) is 9.79. The number of amides is 2. The van der Waals surface area contributed by atoms with Gasteiger partial charge in [0, 0.05) is 93.4 Å². The van der Waals surface area contributed by atoms with E-state index in [0.29, 0.717) is 122 Å². The van der Waals surface area contributed by atoms with Gasteiger partial charge < -0.3 is 9.97 Å². The van der Waals surface area contributed by atoms with Crippen molar-refractivity contribution in [2.75, 3.05) is 0 Å². The molecule has 2 unspecified atom stereocenters. The molecule has 0 radical (unpaired) electrons. The average molecular weight is 1140 g/mol. The fourth-order valence-electron chi connectivity index (χ4n) is 16.0. The Hall–Kier alpha value is -10.8. The van der Waals surface area contributed by atoms with Crippen LogP contribution in [-0.2, 0) is 19.4 Å². The van der Waals surface area contributed by atoms with Crippen LogP contribution in [0.4, 0.5) is 0 Å². The van der Waals surface area contributed by atoms with Gasteiger partial charge in [0.1, 0.15) is 0 Å². The monoisotopic (exact) mass is 1140 g/mol. The maximum atomic E-state index is 15.1. The molecule has 13 aromatic rings. The number of hydrogen-bond donors (Lipinski definition) is 3. The summed E-state index contributed by atoms with van der Waals surface area (Å²) in [5.41, 5.74) is 11.7. The molecule has 2 aromatic heterocycles. The summed E-state index contributed by atoms with van der Waals surface area (Å²) in [6.07, 6.45) is 4.83. The summed E-state index contributed by atoms with van der Waals surface area (Å²) in [6, 6.07) is 48.4. The number of Topliss-reactive ketones (excluding diaryl/α,β-unsaturated/α-hetero) is 1. The zero-order chi connectivity index (χ0) is 58.9. The van der Waals surface area contributed by atoms with Crippen molar-refractivity contribution < 1.29 is 28.8 Å². The molecule has 11 aromatic carbocycles. The van der Waals surface area contributed by atoms with Crippen molar-refractivity contribution in [1.82, 2.24) is 20.2 Å². The fraction of sp³-hybridized carbons (Fsp3) is 0.132. The topological polar surface area (TPSA) is 193 Å². The zero-order valence-corrected chi connectivity index (χ0v) is 46.9. The highest BCUT2D eigenvalue weighted by Crippen LogP contribution is 2.53. The number of para-hydroxylation sites is 1.